The number of carbonyl (C=O) groups is 3. The van der Waals surface area contributed by atoms with Crippen LogP contribution in [0.15, 0.2) is 95.8 Å². The summed E-state index contributed by atoms with van der Waals surface area (Å²) in [5, 5.41) is 23.8. The third-order valence-electron chi connectivity index (χ3n) is 7.67. The van der Waals surface area contributed by atoms with Crippen LogP contribution >= 0.6 is 0 Å². The summed E-state index contributed by atoms with van der Waals surface area (Å²) in [6.45, 7) is 3.39. The highest BCUT2D eigenvalue weighted by atomic mass is 16.6. The van der Waals surface area contributed by atoms with E-state index in [1.807, 2.05) is 60.7 Å². The number of aliphatic hydroxyl groups is 1. The molecule has 0 bridgehead atoms. The van der Waals surface area contributed by atoms with Crippen LogP contribution in [0, 0.1) is 5.92 Å². The van der Waals surface area contributed by atoms with E-state index < -0.39 is 42.3 Å². The van der Waals surface area contributed by atoms with E-state index in [9.17, 15) is 19.5 Å². The number of amides is 3. The monoisotopic (exact) mass is 673 g/mol. The van der Waals surface area contributed by atoms with Crippen molar-refractivity contribution in [3.63, 3.8) is 0 Å². The van der Waals surface area contributed by atoms with Crippen molar-refractivity contribution >= 4 is 18.1 Å². The molecule has 0 unspecified atom stereocenters. The van der Waals surface area contributed by atoms with Crippen LogP contribution in [-0.2, 0) is 40.3 Å². The van der Waals surface area contributed by atoms with E-state index >= 15 is 0 Å². The Morgan fingerprint density at radius 3 is 2.06 bits per heavy atom. The van der Waals surface area contributed by atoms with E-state index in [0.29, 0.717) is 12.8 Å². The first-order chi connectivity index (χ1) is 23.7. The van der Waals surface area contributed by atoms with Crippen molar-refractivity contribution in [2.45, 2.75) is 70.6 Å². The van der Waals surface area contributed by atoms with Crippen LogP contribution in [-0.4, -0.2) is 64.7 Å². The van der Waals surface area contributed by atoms with Crippen LogP contribution in [0.5, 0.6) is 5.88 Å². The number of pyridine rings is 1. The molecule has 2 aromatic heterocycles. The highest BCUT2D eigenvalue weighted by molar-refractivity contribution is 5.86. The molecular weight excluding hydrogens is 630 g/mol. The van der Waals surface area contributed by atoms with Crippen molar-refractivity contribution < 1.29 is 38.2 Å². The van der Waals surface area contributed by atoms with Gasteiger partial charge in [-0.3, -0.25) is 9.78 Å². The number of aliphatic hydroxyl groups excluding tert-OH is 1. The Hall–Kier alpha value is -5.43. The van der Waals surface area contributed by atoms with Gasteiger partial charge in [-0.1, -0.05) is 80.6 Å². The van der Waals surface area contributed by atoms with Crippen LogP contribution in [0.3, 0.4) is 0 Å². The van der Waals surface area contributed by atoms with Gasteiger partial charge in [0.05, 0.1) is 19.3 Å². The second-order valence-corrected chi connectivity index (χ2v) is 11.9. The number of nitrogens with one attached hydrogen (secondary N) is 3. The lowest BCUT2D eigenvalue weighted by Gasteiger charge is -2.30. The predicted octanol–water partition coefficient (Wildman–Crippen LogP) is 4.35. The molecule has 0 aliphatic heterocycles. The maximum absolute atomic E-state index is 13.7. The molecule has 49 heavy (non-hydrogen) atoms. The minimum atomic E-state index is -1.09. The first-order valence-electron chi connectivity index (χ1n) is 16.0. The summed E-state index contributed by atoms with van der Waals surface area (Å²) in [7, 11) is 1.43. The minimum Gasteiger partial charge on any atom is -0.479 e. The molecule has 0 saturated carbocycles. The van der Waals surface area contributed by atoms with Crippen molar-refractivity contribution in [2.24, 2.45) is 5.92 Å². The molecule has 13 heteroatoms. The molecule has 260 valence electrons. The standard InChI is InChI=1S/C36H43N5O8/c1-24(2)33(40-36(45)48-23-29-20-32(46-3)41-49-29)34(43)38-28(17-25-11-6-4-7-12-25)19-31(42)30(18-26-13-8-5-9-14-26)39-35(44)47-22-27-15-10-16-37-21-27/h4-16,20-21,24,28,30-31,33,42H,17-19,22-23H2,1-3H3,(H,38,43)(H,39,44)(H,40,45)/t28-,30-,31-,33-/m0/s1. The number of benzene rings is 2. The molecule has 4 aromatic rings. The molecule has 0 spiro atoms. The minimum absolute atomic E-state index is 0.0130. The molecule has 4 N–H and O–H groups in total. The molecule has 13 nitrogen and oxygen atoms in total. The highest BCUT2D eigenvalue weighted by Gasteiger charge is 2.30. The Kier molecular flexibility index (Phi) is 14.0. The Bertz CT molecular complexity index is 1590. The second-order valence-electron chi connectivity index (χ2n) is 11.9. The maximum atomic E-state index is 13.7. The topological polar surface area (TPSA) is 174 Å². The maximum Gasteiger partial charge on any atom is 0.408 e. The number of aromatic nitrogens is 2. The van der Waals surface area contributed by atoms with Gasteiger partial charge in [0.2, 0.25) is 5.91 Å². The van der Waals surface area contributed by atoms with E-state index in [4.69, 9.17) is 18.7 Å². The van der Waals surface area contributed by atoms with Crippen LogP contribution in [0.2, 0.25) is 0 Å². The number of hydrogen-bond donors (Lipinski definition) is 4. The third-order valence-corrected chi connectivity index (χ3v) is 7.67. The summed E-state index contributed by atoms with van der Waals surface area (Å²) in [6.07, 6.45) is 1.42. The zero-order chi connectivity index (χ0) is 35.0. The van der Waals surface area contributed by atoms with Crippen molar-refractivity contribution in [2.75, 3.05) is 7.11 Å². The fourth-order valence-electron chi connectivity index (χ4n) is 5.11. The van der Waals surface area contributed by atoms with Crippen molar-refractivity contribution in [1.82, 2.24) is 26.1 Å². The Balaban J connectivity index is 1.45. The molecule has 2 aromatic carbocycles. The van der Waals surface area contributed by atoms with E-state index in [-0.39, 0.29) is 37.2 Å². The fourth-order valence-corrected chi connectivity index (χ4v) is 5.11. The van der Waals surface area contributed by atoms with E-state index in [0.717, 1.165) is 16.7 Å². The molecule has 0 fully saturated rings. The average molecular weight is 674 g/mol. The zero-order valence-electron chi connectivity index (χ0n) is 27.8. The zero-order valence-corrected chi connectivity index (χ0v) is 27.8. The van der Waals surface area contributed by atoms with Gasteiger partial charge >= 0.3 is 12.2 Å². The van der Waals surface area contributed by atoms with Crippen LogP contribution in [0.4, 0.5) is 9.59 Å². The summed E-state index contributed by atoms with van der Waals surface area (Å²) in [6, 6.07) is 21.7. The van der Waals surface area contributed by atoms with E-state index in [1.54, 1.807) is 38.4 Å². The normalized spacial score (nSPS) is 13.4. The van der Waals surface area contributed by atoms with E-state index in [2.05, 4.69) is 26.1 Å². The lowest BCUT2D eigenvalue weighted by Crippen LogP contribution is -2.54. The van der Waals surface area contributed by atoms with Gasteiger partial charge in [-0.25, -0.2) is 9.59 Å². The number of ether oxygens (including phenoxy) is 3. The average Bonchev–Trinajstić information content (AvgIpc) is 3.58. The molecule has 4 rings (SSSR count). The first kappa shape index (κ1) is 36.4. The van der Waals surface area contributed by atoms with Crippen molar-refractivity contribution in [3.8, 4) is 5.88 Å². The van der Waals surface area contributed by atoms with Crippen LogP contribution in [0.1, 0.15) is 42.7 Å². The lowest BCUT2D eigenvalue weighted by atomic mass is 9.93. The van der Waals surface area contributed by atoms with Crippen LogP contribution < -0.4 is 20.7 Å². The summed E-state index contributed by atoms with van der Waals surface area (Å²) in [4.78, 5) is 43.3. The Labute approximate surface area is 285 Å². The van der Waals surface area contributed by atoms with Gasteiger partial charge in [-0.05, 0) is 47.5 Å². The third kappa shape index (κ3) is 12.3. The molecule has 0 aliphatic rings. The summed E-state index contributed by atoms with van der Waals surface area (Å²) < 4.78 is 20.7. The van der Waals surface area contributed by atoms with Crippen molar-refractivity contribution in [3.05, 3.63) is 114 Å². The quantitative estimate of drug-likeness (QED) is 0.126. The molecule has 0 radical (unpaired) electrons. The summed E-state index contributed by atoms with van der Waals surface area (Å²) >= 11 is 0. The highest BCUT2D eigenvalue weighted by Crippen LogP contribution is 2.16. The number of hydrogen-bond acceptors (Lipinski definition) is 10. The number of rotatable bonds is 17. The first-order valence-corrected chi connectivity index (χ1v) is 16.0. The van der Waals surface area contributed by atoms with E-state index in [1.165, 1.54) is 13.2 Å². The molecule has 4 atom stereocenters. The van der Waals surface area contributed by atoms with Gasteiger partial charge in [-0.2, -0.15) is 0 Å². The van der Waals surface area contributed by atoms with Gasteiger partial charge in [0.15, 0.2) is 12.4 Å². The Morgan fingerprint density at radius 2 is 1.45 bits per heavy atom. The van der Waals surface area contributed by atoms with Gasteiger partial charge in [0.1, 0.15) is 12.6 Å². The van der Waals surface area contributed by atoms with Gasteiger partial charge in [0, 0.05) is 30.1 Å². The number of carbonyl (C=O) groups excluding carboxylic acids is 3. The summed E-state index contributed by atoms with van der Waals surface area (Å²) in [5.41, 5.74) is 2.55. The van der Waals surface area contributed by atoms with Gasteiger partial charge < -0.3 is 39.8 Å². The van der Waals surface area contributed by atoms with Gasteiger partial charge in [-0.15, -0.1) is 0 Å². The molecule has 3 amide bonds. The second kappa shape index (κ2) is 18.8. The number of methoxy groups -OCH3 is 1. The smallest absolute Gasteiger partial charge is 0.408 e. The van der Waals surface area contributed by atoms with Gasteiger partial charge in [0.25, 0.3) is 5.88 Å². The fraction of sp³-hybridized carbons (Fsp3) is 0.361. The number of nitrogens with zero attached hydrogens (tertiary/aromatic N) is 2. The SMILES string of the molecule is COc1cc(COC(=O)N[C@H](C(=O)N[C@@H](Cc2ccccc2)C[C@H](O)[C@H](Cc2ccccc2)NC(=O)OCc2cccnc2)C(C)C)on1. The molecule has 0 aliphatic carbocycles. The molecule has 2 heterocycles. The molecule has 0 saturated heterocycles. The largest absolute Gasteiger partial charge is 0.479 e. The lowest BCUT2D eigenvalue weighted by molar-refractivity contribution is -0.125. The predicted molar refractivity (Wildman–Crippen MR) is 179 cm³/mol. The molecular formula is C36H43N5O8. The Morgan fingerprint density at radius 1 is 0.816 bits per heavy atom. The number of alkyl carbamates (subject to hydrolysis) is 2. The summed E-state index contributed by atoms with van der Waals surface area (Å²) in [5.74, 6) is -0.242. The van der Waals surface area contributed by atoms with Crippen molar-refractivity contribution in [1.29, 1.82) is 0 Å². The van der Waals surface area contributed by atoms with Crippen LogP contribution in [0.25, 0.3) is 0 Å².